The van der Waals surface area contributed by atoms with Gasteiger partial charge in [0.1, 0.15) is 5.82 Å². The number of carboxylic acids is 1. The molecule has 0 saturated heterocycles. The Morgan fingerprint density at radius 2 is 2.10 bits per heavy atom. The van der Waals surface area contributed by atoms with Gasteiger partial charge in [0.05, 0.1) is 5.56 Å². The fourth-order valence-corrected chi connectivity index (χ4v) is 2.12. The summed E-state index contributed by atoms with van der Waals surface area (Å²) in [5.74, 6) is -1.35. The lowest BCUT2D eigenvalue weighted by Gasteiger charge is -2.28. The van der Waals surface area contributed by atoms with Gasteiger partial charge >= 0.3 is 5.97 Å². The molecule has 1 rings (SSSR count). The molecule has 0 saturated carbocycles. The number of nitrogens with zero attached hydrogens (tertiary/aromatic N) is 1. The Balaban J connectivity index is 2.91. The Hall–Kier alpha value is -1.42. The van der Waals surface area contributed by atoms with E-state index in [2.05, 4.69) is 25.7 Å². The first kappa shape index (κ1) is 16.6. The van der Waals surface area contributed by atoms with Crippen LogP contribution in [0.2, 0.25) is 0 Å². The summed E-state index contributed by atoms with van der Waals surface area (Å²) in [5.41, 5.74) is 0.599. The van der Waals surface area contributed by atoms with Gasteiger partial charge in [0.15, 0.2) is 0 Å². The second kappa shape index (κ2) is 8.00. The average molecular weight is 281 g/mol. The summed E-state index contributed by atoms with van der Waals surface area (Å²) in [5, 5.41) is 9.00. The molecule has 112 valence electrons. The molecular formula is C16H24FNO2. The lowest BCUT2D eigenvalue weighted by Crippen LogP contribution is -2.33. The van der Waals surface area contributed by atoms with Crippen LogP contribution in [0.5, 0.6) is 0 Å². The molecule has 0 heterocycles. The quantitative estimate of drug-likeness (QED) is 0.785. The smallest absolute Gasteiger partial charge is 0.335 e. The normalized spacial score (nSPS) is 12.7. The number of benzene rings is 1. The first-order valence-corrected chi connectivity index (χ1v) is 7.25. The molecule has 0 aliphatic carbocycles. The molecule has 20 heavy (non-hydrogen) atoms. The lowest BCUT2D eigenvalue weighted by atomic mass is 10.1. The van der Waals surface area contributed by atoms with E-state index in [1.165, 1.54) is 18.2 Å². The van der Waals surface area contributed by atoms with E-state index < -0.39 is 5.97 Å². The first-order chi connectivity index (χ1) is 9.49. The van der Waals surface area contributed by atoms with Gasteiger partial charge in [-0.05, 0) is 44.5 Å². The van der Waals surface area contributed by atoms with Gasteiger partial charge in [0.2, 0.25) is 0 Å². The molecule has 1 aromatic carbocycles. The van der Waals surface area contributed by atoms with E-state index in [-0.39, 0.29) is 11.4 Å². The van der Waals surface area contributed by atoms with Crippen LogP contribution in [-0.2, 0) is 6.54 Å². The Labute approximate surface area is 120 Å². The Morgan fingerprint density at radius 1 is 1.40 bits per heavy atom. The van der Waals surface area contributed by atoms with Crippen molar-refractivity contribution < 1.29 is 14.3 Å². The van der Waals surface area contributed by atoms with Crippen LogP contribution in [0.15, 0.2) is 18.2 Å². The standard InChI is InChI=1S/C16H24FNO2/c1-4-6-9-18(12(3)5-2)11-14-10-13(16(19)20)7-8-15(14)17/h7-8,10,12H,4-6,9,11H2,1-3H3,(H,19,20). The van der Waals surface area contributed by atoms with E-state index in [1.54, 1.807) is 0 Å². The number of hydrogen-bond donors (Lipinski definition) is 1. The third-order valence-electron chi connectivity index (χ3n) is 3.68. The van der Waals surface area contributed by atoms with Crippen LogP contribution in [-0.4, -0.2) is 28.6 Å². The van der Waals surface area contributed by atoms with Crippen LogP contribution in [0.4, 0.5) is 4.39 Å². The molecule has 0 bridgehead atoms. The maximum absolute atomic E-state index is 13.9. The molecule has 1 unspecified atom stereocenters. The van der Waals surface area contributed by atoms with E-state index in [4.69, 9.17) is 5.11 Å². The Kier molecular flexibility index (Phi) is 6.65. The fraction of sp³-hybridized carbons (Fsp3) is 0.562. The third kappa shape index (κ3) is 4.60. The number of aromatic carboxylic acids is 1. The zero-order chi connectivity index (χ0) is 15.1. The zero-order valence-electron chi connectivity index (χ0n) is 12.5. The van der Waals surface area contributed by atoms with Crippen molar-refractivity contribution in [3.63, 3.8) is 0 Å². The largest absolute Gasteiger partial charge is 0.478 e. The average Bonchev–Trinajstić information content (AvgIpc) is 2.44. The van der Waals surface area contributed by atoms with Crippen molar-refractivity contribution in [1.29, 1.82) is 0 Å². The number of hydrogen-bond acceptors (Lipinski definition) is 2. The van der Waals surface area contributed by atoms with Gasteiger partial charge in [-0.25, -0.2) is 9.18 Å². The predicted molar refractivity (Wildman–Crippen MR) is 78.4 cm³/mol. The van der Waals surface area contributed by atoms with Gasteiger partial charge in [-0.3, -0.25) is 4.90 Å². The number of rotatable bonds is 8. The minimum Gasteiger partial charge on any atom is -0.478 e. The van der Waals surface area contributed by atoms with E-state index >= 15 is 0 Å². The van der Waals surface area contributed by atoms with E-state index in [0.717, 1.165) is 25.8 Å². The van der Waals surface area contributed by atoms with Crippen LogP contribution in [0.25, 0.3) is 0 Å². The zero-order valence-corrected chi connectivity index (χ0v) is 12.5. The Bertz CT molecular complexity index is 448. The van der Waals surface area contributed by atoms with Gasteiger partial charge in [0, 0.05) is 18.2 Å². The monoisotopic (exact) mass is 281 g/mol. The maximum Gasteiger partial charge on any atom is 0.335 e. The van der Waals surface area contributed by atoms with Gasteiger partial charge in [-0.15, -0.1) is 0 Å². The predicted octanol–water partition coefficient (Wildman–Crippen LogP) is 3.92. The number of unbranched alkanes of at least 4 members (excludes halogenated alkanes) is 1. The third-order valence-corrected chi connectivity index (χ3v) is 3.68. The minimum absolute atomic E-state index is 0.140. The van der Waals surface area contributed by atoms with Crippen molar-refractivity contribution in [1.82, 2.24) is 4.90 Å². The first-order valence-electron chi connectivity index (χ1n) is 7.25. The Morgan fingerprint density at radius 3 is 2.65 bits per heavy atom. The summed E-state index contributed by atoms with van der Waals surface area (Å²) in [7, 11) is 0. The van der Waals surface area contributed by atoms with E-state index in [0.29, 0.717) is 18.2 Å². The summed E-state index contributed by atoms with van der Waals surface area (Å²) in [6, 6.07) is 4.35. The van der Waals surface area contributed by atoms with Crippen molar-refractivity contribution in [3.05, 3.63) is 35.1 Å². The van der Waals surface area contributed by atoms with Crippen LogP contribution in [0, 0.1) is 5.82 Å². The van der Waals surface area contributed by atoms with Crippen LogP contribution in [0.1, 0.15) is 56.0 Å². The molecule has 0 fully saturated rings. The van der Waals surface area contributed by atoms with Crippen molar-refractivity contribution in [2.75, 3.05) is 6.54 Å². The summed E-state index contributed by atoms with van der Waals surface area (Å²) in [4.78, 5) is 13.2. The summed E-state index contributed by atoms with van der Waals surface area (Å²) in [6.45, 7) is 7.72. The summed E-state index contributed by atoms with van der Waals surface area (Å²) < 4.78 is 13.9. The highest BCUT2D eigenvalue weighted by Gasteiger charge is 2.15. The highest BCUT2D eigenvalue weighted by atomic mass is 19.1. The molecule has 1 atom stereocenters. The second-order valence-electron chi connectivity index (χ2n) is 5.19. The van der Waals surface area contributed by atoms with Crippen molar-refractivity contribution in [2.24, 2.45) is 0 Å². The van der Waals surface area contributed by atoms with Crippen LogP contribution < -0.4 is 0 Å². The number of carboxylic acid groups (broad SMARTS) is 1. The number of carbonyl (C=O) groups is 1. The van der Waals surface area contributed by atoms with Crippen LogP contribution >= 0.6 is 0 Å². The molecule has 3 nitrogen and oxygen atoms in total. The topological polar surface area (TPSA) is 40.5 Å². The van der Waals surface area contributed by atoms with E-state index in [9.17, 15) is 9.18 Å². The molecule has 4 heteroatoms. The number of halogens is 1. The molecule has 0 spiro atoms. The van der Waals surface area contributed by atoms with Gasteiger partial charge < -0.3 is 5.11 Å². The SMILES string of the molecule is CCCCN(Cc1cc(C(=O)O)ccc1F)C(C)CC. The molecule has 0 aliphatic heterocycles. The summed E-state index contributed by atoms with van der Waals surface area (Å²) in [6.07, 6.45) is 3.14. The minimum atomic E-state index is -1.02. The van der Waals surface area contributed by atoms with Crippen molar-refractivity contribution >= 4 is 5.97 Å². The second-order valence-corrected chi connectivity index (χ2v) is 5.19. The molecular weight excluding hydrogens is 257 g/mol. The molecule has 0 amide bonds. The van der Waals surface area contributed by atoms with Crippen molar-refractivity contribution in [2.45, 2.75) is 52.6 Å². The van der Waals surface area contributed by atoms with E-state index in [1.807, 2.05) is 0 Å². The molecule has 0 radical (unpaired) electrons. The van der Waals surface area contributed by atoms with Gasteiger partial charge in [-0.1, -0.05) is 20.3 Å². The molecule has 0 aromatic heterocycles. The van der Waals surface area contributed by atoms with Crippen LogP contribution in [0.3, 0.4) is 0 Å². The fourth-order valence-electron chi connectivity index (χ4n) is 2.12. The van der Waals surface area contributed by atoms with Gasteiger partial charge in [0.25, 0.3) is 0 Å². The summed E-state index contributed by atoms with van der Waals surface area (Å²) >= 11 is 0. The van der Waals surface area contributed by atoms with Crippen molar-refractivity contribution in [3.8, 4) is 0 Å². The lowest BCUT2D eigenvalue weighted by molar-refractivity contribution is 0.0696. The highest BCUT2D eigenvalue weighted by molar-refractivity contribution is 5.87. The molecule has 1 aromatic rings. The maximum atomic E-state index is 13.9. The van der Waals surface area contributed by atoms with Gasteiger partial charge in [-0.2, -0.15) is 0 Å². The molecule has 1 N–H and O–H groups in total. The highest BCUT2D eigenvalue weighted by Crippen LogP contribution is 2.16. The molecule has 0 aliphatic rings.